The van der Waals surface area contributed by atoms with Gasteiger partial charge < -0.3 is 10.2 Å². The molecule has 7 rings (SSSR count). The number of hydrogen-bond donors (Lipinski definition) is 1. The van der Waals surface area contributed by atoms with E-state index in [-0.39, 0.29) is 16.1 Å². The summed E-state index contributed by atoms with van der Waals surface area (Å²) in [7, 11) is 0. The second-order valence-electron chi connectivity index (χ2n) is 10.4. The van der Waals surface area contributed by atoms with E-state index in [1.165, 1.54) is 30.3 Å². The maximum absolute atomic E-state index is 15.2. The summed E-state index contributed by atoms with van der Waals surface area (Å²) in [5.74, 6) is -3.49. The molecule has 4 aromatic carbocycles. The van der Waals surface area contributed by atoms with Crippen molar-refractivity contribution in [1.82, 2.24) is 0 Å². The molecule has 0 aromatic heterocycles. The molecular formula is C33H21Cl2FN2O3. The molecule has 1 spiro atoms. The fourth-order valence-electron chi connectivity index (χ4n) is 6.80. The molecule has 1 saturated heterocycles. The maximum Gasteiger partial charge on any atom is 0.238 e. The van der Waals surface area contributed by atoms with Crippen molar-refractivity contribution in [3.05, 3.63) is 135 Å². The molecule has 1 fully saturated rings. The van der Waals surface area contributed by atoms with Crippen LogP contribution in [0.2, 0.25) is 10.0 Å². The molecule has 3 heterocycles. The average molecular weight is 583 g/mol. The molecule has 202 valence electrons. The molecular weight excluding hydrogens is 562 g/mol. The van der Waals surface area contributed by atoms with Gasteiger partial charge in [0, 0.05) is 22.0 Å². The number of fused-ring (bicyclic) bond motifs is 6. The van der Waals surface area contributed by atoms with Crippen molar-refractivity contribution >= 4 is 58.1 Å². The number of benzene rings is 4. The van der Waals surface area contributed by atoms with Crippen LogP contribution in [0.15, 0.2) is 97.1 Å². The fraction of sp³-hybridized carbons (Fsp3) is 0.121. The van der Waals surface area contributed by atoms with E-state index in [9.17, 15) is 14.4 Å². The van der Waals surface area contributed by atoms with Crippen LogP contribution >= 0.6 is 23.2 Å². The summed E-state index contributed by atoms with van der Waals surface area (Å²) in [5.41, 5.74) is 1.08. The second-order valence-corrected chi connectivity index (χ2v) is 11.2. The molecule has 3 aliphatic heterocycles. The number of para-hydroxylation sites is 2. The number of ketones is 2. The number of nitrogens with zero attached hydrogens (tertiary/aromatic N) is 1. The first-order valence-electron chi connectivity index (χ1n) is 13.1. The topological polar surface area (TPSA) is 66.5 Å². The van der Waals surface area contributed by atoms with E-state index in [1.54, 1.807) is 36.4 Å². The zero-order chi connectivity index (χ0) is 28.5. The highest BCUT2D eigenvalue weighted by Gasteiger charge is 2.70. The molecule has 5 nitrogen and oxygen atoms in total. The van der Waals surface area contributed by atoms with Crippen LogP contribution in [0.25, 0.3) is 6.08 Å². The lowest BCUT2D eigenvalue weighted by Crippen LogP contribution is -2.51. The third-order valence-electron chi connectivity index (χ3n) is 8.43. The van der Waals surface area contributed by atoms with E-state index in [0.29, 0.717) is 22.0 Å². The van der Waals surface area contributed by atoms with Crippen molar-refractivity contribution in [1.29, 1.82) is 0 Å². The highest BCUT2D eigenvalue weighted by molar-refractivity contribution is 6.37. The minimum absolute atomic E-state index is 0.0993. The number of Topliss-reactive ketones (excluding diaryl/α,β-unsaturated/α-hetero) is 2. The smallest absolute Gasteiger partial charge is 0.238 e. The van der Waals surface area contributed by atoms with Crippen molar-refractivity contribution in [2.75, 3.05) is 10.2 Å². The number of amides is 1. The highest BCUT2D eigenvalue weighted by Crippen LogP contribution is 2.58. The molecule has 0 unspecified atom stereocenters. The van der Waals surface area contributed by atoms with E-state index in [4.69, 9.17) is 23.2 Å². The average Bonchev–Trinajstić information content (AvgIpc) is 3.45. The first kappa shape index (κ1) is 25.7. The van der Waals surface area contributed by atoms with Gasteiger partial charge in [0.1, 0.15) is 17.3 Å². The quantitative estimate of drug-likeness (QED) is 0.263. The van der Waals surface area contributed by atoms with Crippen LogP contribution < -0.4 is 10.2 Å². The van der Waals surface area contributed by atoms with Gasteiger partial charge in [-0.3, -0.25) is 14.4 Å². The van der Waals surface area contributed by atoms with Gasteiger partial charge in [-0.05, 0) is 53.6 Å². The normalized spacial score (nSPS) is 23.6. The zero-order valence-electron chi connectivity index (χ0n) is 21.4. The van der Waals surface area contributed by atoms with Crippen LogP contribution in [0.3, 0.4) is 0 Å². The van der Waals surface area contributed by atoms with Crippen LogP contribution in [0, 0.1) is 11.7 Å². The Bertz CT molecular complexity index is 1820. The van der Waals surface area contributed by atoms with Gasteiger partial charge in [0.05, 0.1) is 22.5 Å². The summed E-state index contributed by atoms with van der Waals surface area (Å²) < 4.78 is 15.2. The van der Waals surface area contributed by atoms with Crippen molar-refractivity contribution in [2.45, 2.75) is 17.5 Å². The molecule has 4 atom stereocenters. The fourth-order valence-corrected chi connectivity index (χ4v) is 7.30. The molecule has 0 aliphatic carbocycles. The van der Waals surface area contributed by atoms with Gasteiger partial charge in [-0.2, -0.15) is 0 Å². The number of rotatable bonds is 4. The molecule has 1 amide bonds. The third-order valence-corrected chi connectivity index (χ3v) is 8.98. The Labute approximate surface area is 245 Å². The maximum atomic E-state index is 15.2. The molecule has 0 bridgehead atoms. The van der Waals surface area contributed by atoms with Crippen molar-refractivity contribution in [2.24, 2.45) is 5.92 Å². The highest BCUT2D eigenvalue weighted by atomic mass is 35.5. The number of halogens is 3. The van der Waals surface area contributed by atoms with Crippen LogP contribution in [-0.2, 0) is 10.2 Å². The lowest BCUT2D eigenvalue weighted by molar-refractivity contribution is -0.121. The number of nitrogens with one attached hydrogen (secondary N) is 1. The number of carbonyl (C=O) groups excluding carboxylic acids is 3. The Morgan fingerprint density at radius 3 is 2.39 bits per heavy atom. The van der Waals surface area contributed by atoms with Crippen molar-refractivity contribution < 1.29 is 18.8 Å². The van der Waals surface area contributed by atoms with Crippen LogP contribution in [-0.4, -0.2) is 29.6 Å². The zero-order valence-corrected chi connectivity index (χ0v) is 22.9. The Morgan fingerprint density at radius 2 is 1.59 bits per heavy atom. The third kappa shape index (κ3) is 3.57. The van der Waals surface area contributed by atoms with Crippen molar-refractivity contribution in [3.63, 3.8) is 0 Å². The summed E-state index contributed by atoms with van der Waals surface area (Å²) in [6, 6.07) is 22.9. The van der Waals surface area contributed by atoms with Crippen LogP contribution in [0.4, 0.5) is 15.8 Å². The molecule has 3 aliphatic rings. The van der Waals surface area contributed by atoms with Gasteiger partial charge >= 0.3 is 0 Å². The predicted octanol–water partition coefficient (Wildman–Crippen LogP) is 6.99. The lowest BCUT2D eigenvalue weighted by atomic mass is 9.64. The largest absolute Gasteiger partial charge is 0.352 e. The summed E-state index contributed by atoms with van der Waals surface area (Å²) in [6.07, 6.45) is 3.77. The van der Waals surface area contributed by atoms with Crippen molar-refractivity contribution in [3.8, 4) is 0 Å². The summed E-state index contributed by atoms with van der Waals surface area (Å²) >= 11 is 12.7. The number of carbonyl (C=O) groups is 3. The predicted molar refractivity (Wildman–Crippen MR) is 157 cm³/mol. The molecule has 0 radical (unpaired) electrons. The molecule has 8 heteroatoms. The second kappa shape index (κ2) is 9.40. The van der Waals surface area contributed by atoms with Gasteiger partial charge in [0.15, 0.2) is 11.6 Å². The first-order chi connectivity index (χ1) is 19.8. The van der Waals surface area contributed by atoms with E-state index in [2.05, 4.69) is 5.32 Å². The number of anilines is 2. The minimum Gasteiger partial charge on any atom is -0.352 e. The van der Waals surface area contributed by atoms with E-state index >= 15 is 4.39 Å². The molecule has 41 heavy (non-hydrogen) atoms. The van der Waals surface area contributed by atoms with Gasteiger partial charge in [-0.15, -0.1) is 0 Å². The molecule has 4 aromatic rings. The Kier molecular flexibility index (Phi) is 5.89. The van der Waals surface area contributed by atoms with Gasteiger partial charge in [-0.1, -0.05) is 83.9 Å². The Morgan fingerprint density at radius 1 is 0.854 bits per heavy atom. The summed E-state index contributed by atoms with van der Waals surface area (Å²) in [5, 5.41) is 3.40. The van der Waals surface area contributed by atoms with Gasteiger partial charge in [0.25, 0.3) is 0 Å². The van der Waals surface area contributed by atoms with E-state index in [1.807, 2.05) is 41.3 Å². The van der Waals surface area contributed by atoms with Crippen LogP contribution in [0.5, 0.6) is 0 Å². The van der Waals surface area contributed by atoms with Crippen LogP contribution in [0.1, 0.15) is 31.8 Å². The number of hydrogen-bond acceptors (Lipinski definition) is 4. The monoisotopic (exact) mass is 582 g/mol. The SMILES string of the molecule is O=C(c1ccccc1F)[C@@H]1[C@H](C(=O)c2ccc(Cl)cc2Cl)[C@@]2(C(=O)Nc3ccccc32)[C@@H]2C=Cc3ccccc3N12. The lowest BCUT2D eigenvalue weighted by Gasteiger charge is -2.37. The molecule has 0 saturated carbocycles. The van der Waals surface area contributed by atoms with Gasteiger partial charge in [0.2, 0.25) is 5.91 Å². The molecule has 1 N–H and O–H groups in total. The summed E-state index contributed by atoms with van der Waals surface area (Å²) in [4.78, 5) is 45.4. The Hall–Kier alpha value is -4.26. The summed E-state index contributed by atoms with van der Waals surface area (Å²) in [6.45, 7) is 0. The van der Waals surface area contributed by atoms with E-state index < -0.39 is 46.7 Å². The first-order valence-corrected chi connectivity index (χ1v) is 13.8. The van der Waals surface area contributed by atoms with Gasteiger partial charge in [-0.25, -0.2) is 4.39 Å². The Balaban J connectivity index is 1.56. The minimum atomic E-state index is -1.52. The van der Waals surface area contributed by atoms with E-state index in [0.717, 1.165) is 5.56 Å². The standard InChI is InChI=1S/C33H21Cl2FN2O3/c34-19-14-15-20(23(35)17-19)30(39)28-29(31(40)21-8-2-4-10-24(21)36)38-26-12-6-1-7-18(26)13-16-27(38)33(28)22-9-3-5-11-25(22)37-32(33)41/h1-17,27-29H,(H,37,41)/t27-,28+,29-,33-/m0/s1.